The molecule has 0 unspecified atom stereocenters. The Morgan fingerprint density at radius 3 is 2.30 bits per heavy atom. The van der Waals surface area contributed by atoms with Gasteiger partial charge in [-0.15, -0.1) is 0 Å². The fourth-order valence-corrected chi connectivity index (χ4v) is 2.05. The Kier molecular flexibility index (Phi) is 4.88. The van der Waals surface area contributed by atoms with Crippen LogP contribution in [0.2, 0.25) is 10.0 Å². The van der Waals surface area contributed by atoms with Gasteiger partial charge in [0.1, 0.15) is 0 Å². The molecular weight excluding hydrogens is 295 g/mol. The summed E-state index contributed by atoms with van der Waals surface area (Å²) in [6.07, 6.45) is 0.270. The molecule has 3 N–H and O–H groups in total. The summed E-state index contributed by atoms with van der Waals surface area (Å²) in [6, 6.07) is 12.6. The molecule has 0 fully saturated rings. The fourth-order valence-electron chi connectivity index (χ4n) is 1.73. The summed E-state index contributed by atoms with van der Waals surface area (Å²) in [4.78, 5) is 11.8. The Morgan fingerprint density at radius 1 is 1.00 bits per heavy atom. The average Bonchev–Trinajstić information content (AvgIpc) is 2.42. The number of benzene rings is 2. The average molecular weight is 309 g/mol. The highest BCUT2D eigenvalue weighted by Gasteiger charge is 2.05. The molecule has 0 aliphatic heterocycles. The summed E-state index contributed by atoms with van der Waals surface area (Å²) in [6.45, 7) is 0.473. The van der Waals surface area contributed by atoms with Gasteiger partial charge in [-0.2, -0.15) is 0 Å². The molecule has 2 aromatic rings. The lowest BCUT2D eigenvalue weighted by Crippen LogP contribution is -2.24. The Balaban J connectivity index is 1.89. The van der Waals surface area contributed by atoms with E-state index in [1.807, 2.05) is 12.1 Å². The van der Waals surface area contributed by atoms with E-state index in [-0.39, 0.29) is 12.3 Å². The Bertz CT molecular complexity index is 612. The maximum atomic E-state index is 11.8. The summed E-state index contributed by atoms with van der Waals surface area (Å²) in [5.74, 6) is -0.0692. The number of anilines is 1. The highest BCUT2D eigenvalue weighted by atomic mass is 35.5. The van der Waals surface area contributed by atoms with Crippen LogP contribution in [0.15, 0.2) is 42.5 Å². The zero-order valence-corrected chi connectivity index (χ0v) is 12.2. The number of nitrogens with two attached hydrogens (primary N) is 1. The second-order valence-corrected chi connectivity index (χ2v) is 5.26. The number of rotatable bonds is 4. The van der Waals surface area contributed by atoms with Gasteiger partial charge in [0.2, 0.25) is 5.91 Å². The van der Waals surface area contributed by atoms with Crippen LogP contribution in [0, 0.1) is 0 Å². The highest BCUT2D eigenvalue weighted by Crippen LogP contribution is 2.22. The van der Waals surface area contributed by atoms with Crippen molar-refractivity contribution in [2.24, 2.45) is 0 Å². The monoisotopic (exact) mass is 308 g/mol. The largest absolute Gasteiger partial charge is 0.399 e. The quantitative estimate of drug-likeness (QED) is 0.850. The topological polar surface area (TPSA) is 55.1 Å². The molecule has 20 heavy (non-hydrogen) atoms. The van der Waals surface area contributed by atoms with E-state index in [0.29, 0.717) is 22.3 Å². The molecule has 0 aliphatic rings. The van der Waals surface area contributed by atoms with Crippen molar-refractivity contribution in [3.63, 3.8) is 0 Å². The molecule has 0 radical (unpaired) electrons. The highest BCUT2D eigenvalue weighted by molar-refractivity contribution is 6.42. The van der Waals surface area contributed by atoms with Crippen molar-refractivity contribution >= 4 is 34.8 Å². The number of halogens is 2. The van der Waals surface area contributed by atoms with Crippen LogP contribution >= 0.6 is 23.2 Å². The number of amides is 1. The van der Waals surface area contributed by atoms with Gasteiger partial charge in [-0.3, -0.25) is 4.79 Å². The number of carbonyl (C=O) groups excluding carboxylic acids is 1. The van der Waals surface area contributed by atoms with E-state index in [0.717, 1.165) is 11.1 Å². The summed E-state index contributed by atoms with van der Waals surface area (Å²) < 4.78 is 0. The lowest BCUT2D eigenvalue weighted by molar-refractivity contribution is -0.120. The van der Waals surface area contributed by atoms with Gasteiger partial charge in [0.15, 0.2) is 0 Å². The van der Waals surface area contributed by atoms with E-state index in [2.05, 4.69) is 5.32 Å². The molecule has 0 saturated carbocycles. The van der Waals surface area contributed by atoms with Gasteiger partial charge < -0.3 is 11.1 Å². The number of nitrogen functional groups attached to an aromatic ring is 1. The van der Waals surface area contributed by atoms with E-state index in [9.17, 15) is 4.79 Å². The van der Waals surface area contributed by atoms with E-state index in [1.165, 1.54) is 0 Å². The van der Waals surface area contributed by atoms with Crippen molar-refractivity contribution < 1.29 is 4.79 Å². The smallest absolute Gasteiger partial charge is 0.224 e. The molecule has 0 saturated heterocycles. The van der Waals surface area contributed by atoms with Crippen molar-refractivity contribution in [2.45, 2.75) is 13.0 Å². The SMILES string of the molecule is Nc1ccc(CNC(=O)Cc2ccc(Cl)c(Cl)c2)cc1. The molecule has 2 rings (SSSR count). The minimum Gasteiger partial charge on any atom is -0.399 e. The summed E-state index contributed by atoms with van der Waals surface area (Å²) in [5.41, 5.74) is 8.13. The number of nitrogens with one attached hydrogen (secondary N) is 1. The molecule has 0 bridgehead atoms. The van der Waals surface area contributed by atoms with E-state index >= 15 is 0 Å². The van der Waals surface area contributed by atoms with E-state index in [1.54, 1.807) is 30.3 Å². The number of hydrogen-bond acceptors (Lipinski definition) is 2. The van der Waals surface area contributed by atoms with Crippen LogP contribution < -0.4 is 11.1 Å². The standard InChI is InChI=1S/C15H14Cl2N2O/c16-13-6-3-11(7-14(13)17)8-15(20)19-9-10-1-4-12(18)5-2-10/h1-7H,8-9,18H2,(H,19,20). The van der Waals surface area contributed by atoms with Crippen molar-refractivity contribution in [3.8, 4) is 0 Å². The zero-order valence-electron chi connectivity index (χ0n) is 10.7. The van der Waals surface area contributed by atoms with Crippen LogP contribution in [-0.2, 0) is 17.8 Å². The Morgan fingerprint density at radius 2 is 1.65 bits per heavy atom. The first kappa shape index (κ1) is 14.7. The van der Waals surface area contributed by atoms with Gasteiger partial charge in [0, 0.05) is 12.2 Å². The minimum absolute atomic E-state index is 0.0692. The van der Waals surface area contributed by atoms with Crippen molar-refractivity contribution in [1.29, 1.82) is 0 Å². The normalized spacial score (nSPS) is 10.3. The first-order valence-electron chi connectivity index (χ1n) is 6.09. The van der Waals surface area contributed by atoms with Gasteiger partial charge >= 0.3 is 0 Å². The number of carbonyl (C=O) groups is 1. The van der Waals surface area contributed by atoms with Crippen LogP contribution in [-0.4, -0.2) is 5.91 Å². The first-order valence-corrected chi connectivity index (χ1v) is 6.85. The molecule has 1 amide bonds. The van der Waals surface area contributed by atoms with Crippen molar-refractivity contribution in [3.05, 3.63) is 63.6 Å². The summed E-state index contributed by atoms with van der Waals surface area (Å²) in [5, 5.41) is 3.78. The Labute approximate surface area is 127 Å². The molecule has 5 heteroatoms. The lowest BCUT2D eigenvalue weighted by Gasteiger charge is -2.06. The third kappa shape index (κ3) is 4.15. The minimum atomic E-state index is -0.0692. The summed E-state index contributed by atoms with van der Waals surface area (Å²) in [7, 11) is 0. The van der Waals surface area contributed by atoms with Crippen LogP contribution in [0.5, 0.6) is 0 Å². The third-order valence-electron chi connectivity index (χ3n) is 2.82. The van der Waals surface area contributed by atoms with Crippen molar-refractivity contribution in [1.82, 2.24) is 5.32 Å². The summed E-state index contributed by atoms with van der Waals surface area (Å²) >= 11 is 11.7. The molecule has 104 valence electrons. The van der Waals surface area contributed by atoms with Crippen LogP contribution in [0.25, 0.3) is 0 Å². The van der Waals surface area contributed by atoms with Gasteiger partial charge in [0.25, 0.3) is 0 Å². The molecule has 0 spiro atoms. The lowest BCUT2D eigenvalue weighted by atomic mass is 10.1. The molecule has 0 aromatic heterocycles. The van der Waals surface area contributed by atoms with Gasteiger partial charge in [-0.1, -0.05) is 41.4 Å². The van der Waals surface area contributed by atoms with Crippen LogP contribution in [0.1, 0.15) is 11.1 Å². The maximum absolute atomic E-state index is 11.8. The molecular formula is C15H14Cl2N2O. The third-order valence-corrected chi connectivity index (χ3v) is 3.56. The fraction of sp³-hybridized carbons (Fsp3) is 0.133. The van der Waals surface area contributed by atoms with Crippen LogP contribution in [0.4, 0.5) is 5.69 Å². The van der Waals surface area contributed by atoms with Gasteiger partial charge in [0.05, 0.1) is 16.5 Å². The Hall–Kier alpha value is -1.71. The van der Waals surface area contributed by atoms with E-state index in [4.69, 9.17) is 28.9 Å². The first-order chi connectivity index (χ1) is 9.54. The molecule has 2 aromatic carbocycles. The van der Waals surface area contributed by atoms with Crippen LogP contribution in [0.3, 0.4) is 0 Å². The maximum Gasteiger partial charge on any atom is 0.224 e. The van der Waals surface area contributed by atoms with E-state index < -0.39 is 0 Å². The predicted molar refractivity (Wildman–Crippen MR) is 82.9 cm³/mol. The zero-order chi connectivity index (χ0) is 14.5. The molecule has 0 atom stereocenters. The number of hydrogen-bond donors (Lipinski definition) is 2. The van der Waals surface area contributed by atoms with Crippen molar-refractivity contribution in [2.75, 3.05) is 5.73 Å². The second kappa shape index (κ2) is 6.64. The van der Waals surface area contributed by atoms with Gasteiger partial charge in [-0.05, 0) is 35.4 Å². The second-order valence-electron chi connectivity index (χ2n) is 4.44. The molecule has 0 aliphatic carbocycles. The van der Waals surface area contributed by atoms with Gasteiger partial charge in [-0.25, -0.2) is 0 Å². The predicted octanol–water partition coefficient (Wildman–Crippen LogP) is 3.43. The molecule has 0 heterocycles. The molecule has 3 nitrogen and oxygen atoms in total.